The predicted molar refractivity (Wildman–Crippen MR) is 56.7 cm³/mol. The molecule has 0 spiro atoms. The first-order valence-electron chi connectivity index (χ1n) is 5.15. The highest BCUT2D eigenvalue weighted by molar-refractivity contribution is 5.67. The van der Waals surface area contributed by atoms with Crippen molar-refractivity contribution in [2.45, 2.75) is 32.3 Å². The van der Waals surface area contributed by atoms with E-state index in [1.54, 1.807) is 6.92 Å². The van der Waals surface area contributed by atoms with E-state index < -0.39 is 11.8 Å². The third-order valence-electron chi connectivity index (χ3n) is 2.66. The highest BCUT2D eigenvalue weighted by atomic mass is 16.7. The van der Waals surface area contributed by atoms with Gasteiger partial charge in [-0.3, -0.25) is 4.79 Å². The second kappa shape index (κ2) is 4.23. The molecule has 0 aliphatic carbocycles. The number of aliphatic carboxylic acids is 1. The number of benzene rings is 1. The predicted octanol–water partition coefficient (Wildman–Crippen LogP) is 1.92. The molecule has 1 aliphatic heterocycles. The van der Waals surface area contributed by atoms with Crippen molar-refractivity contribution in [3.05, 3.63) is 35.4 Å². The van der Waals surface area contributed by atoms with Crippen LogP contribution in [0.5, 0.6) is 0 Å². The molecule has 16 heavy (non-hydrogen) atoms. The van der Waals surface area contributed by atoms with Crippen molar-refractivity contribution in [2.75, 3.05) is 0 Å². The summed E-state index contributed by atoms with van der Waals surface area (Å²) in [6.45, 7) is 2.44. The van der Waals surface area contributed by atoms with Crippen LogP contribution in [0.4, 0.5) is 0 Å². The smallest absolute Gasteiger partial charge is 0.308 e. The summed E-state index contributed by atoms with van der Waals surface area (Å²) in [5, 5.41) is 8.78. The van der Waals surface area contributed by atoms with E-state index in [1.807, 2.05) is 24.3 Å². The van der Waals surface area contributed by atoms with Crippen LogP contribution in [0.15, 0.2) is 24.3 Å². The summed E-state index contributed by atoms with van der Waals surface area (Å²) in [6.07, 6.45) is -0.152. The van der Waals surface area contributed by atoms with E-state index in [0.717, 1.165) is 11.1 Å². The lowest BCUT2D eigenvalue weighted by Gasteiger charge is -2.25. The van der Waals surface area contributed by atoms with Crippen molar-refractivity contribution in [3.63, 3.8) is 0 Å². The Hall–Kier alpha value is -1.39. The minimum absolute atomic E-state index is 0.152. The summed E-state index contributed by atoms with van der Waals surface area (Å²) in [5.41, 5.74) is 2.10. The summed E-state index contributed by atoms with van der Waals surface area (Å²) < 4.78 is 11.0. The average molecular weight is 222 g/mol. The summed E-state index contributed by atoms with van der Waals surface area (Å²) in [4.78, 5) is 10.7. The molecule has 0 radical (unpaired) electrons. The van der Waals surface area contributed by atoms with Gasteiger partial charge in [-0.15, -0.1) is 0 Å². The molecular weight excluding hydrogens is 208 g/mol. The van der Waals surface area contributed by atoms with Gasteiger partial charge in [0.05, 0.1) is 19.6 Å². The van der Waals surface area contributed by atoms with Gasteiger partial charge in [0, 0.05) is 0 Å². The van der Waals surface area contributed by atoms with E-state index in [1.165, 1.54) is 0 Å². The number of hydrogen-bond acceptors (Lipinski definition) is 3. The first-order valence-corrected chi connectivity index (χ1v) is 5.15. The minimum atomic E-state index is -1.04. The van der Waals surface area contributed by atoms with E-state index in [-0.39, 0.29) is 6.42 Å². The lowest BCUT2D eigenvalue weighted by atomic mass is 10.1. The topological polar surface area (TPSA) is 55.8 Å². The number of ether oxygens (including phenoxy) is 2. The molecule has 4 nitrogen and oxygen atoms in total. The molecule has 1 aromatic rings. The van der Waals surface area contributed by atoms with Crippen molar-refractivity contribution >= 4 is 5.97 Å². The van der Waals surface area contributed by atoms with E-state index in [4.69, 9.17) is 14.6 Å². The molecule has 0 aromatic heterocycles. The molecule has 0 amide bonds. The van der Waals surface area contributed by atoms with Gasteiger partial charge in [0.15, 0.2) is 5.79 Å². The third kappa shape index (κ3) is 2.40. The number of carboxylic acids is 1. The van der Waals surface area contributed by atoms with Crippen molar-refractivity contribution in [1.29, 1.82) is 0 Å². The Kier molecular flexibility index (Phi) is 2.94. The van der Waals surface area contributed by atoms with Crippen molar-refractivity contribution < 1.29 is 19.4 Å². The van der Waals surface area contributed by atoms with Crippen LogP contribution in [-0.2, 0) is 27.5 Å². The summed E-state index contributed by atoms with van der Waals surface area (Å²) in [7, 11) is 0. The largest absolute Gasteiger partial charge is 0.481 e. The summed E-state index contributed by atoms with van der Waals surface area (Å²) in [5.74, 6) is -1.96. The molecule has 1 aromatic carbocycles. The van der Waals surface area contributed by atoms with Gasteiger partial charge in [-0.2, -0.15) is 0 Å². The van der Waals surface area contributed by atoms with Gasteiger partial charge in [0.1, 0.15) is 0 Å². The van der Waals surface area contributed by atoms with E-state index in [2.05, 4.69) is 0 Å². The standard InChI is InChI=1S/C12H14O4/c1-12(6-11(13)14)15-7-9-4-2-3-5-10(9)8-16-12/h2-5H,6-8H2,1H3,(H,13,14). The molecule has 1 heterocycles. The normalized spacial score (nSPS) is 18.6. The number of fused-ring (bicyclic) bond motifs is 1. The first-order chi connectivity index (χ1) is 7.59. The minimum Gasteiger partial charge on any atom is -0.481 e. The Morgan fingerprint density at radius 2 is 1.81 bits per heavy atom. The maximum absolute atomic E-state index is 10.7. The second-order valence-corrected chi connectivity index (χ2v) is 4.05. The van der Waals surface area contributed by atoms with Gasteiger partial charge < -0.3 is 14.6 Å². The lowest BCUT2D eigenvalue weighted by molar-refractivity contribution is -0.237. The molecule has 0 atom stereocenters. The molecule has 2 rings (SSSR count). The maximum Gasteiger partial charge on any atom is 0.308 e. The Morgan fingerprint density at radius 3 is 2.25 bits per heavy atom. The van der Waals surface area contributed by atoms with Gasteiger partial charge in [0.25, 0.3) is 0 Å². The molecule has 0 fully saturated rings. The molecule has 1 aliphatic rings. The van der Waals surface area contributed by atoms with Crippen molar-refractivity contribution in [2.24, 2.45) is 0 Å². The lowest BCUT2D eigenvalue weighted by Crippen LogP contribution is -2.33. The SMILES string of the molecule is CC1(CC(=O)O)OCc2ccccc2CO1. The average Bonchev–Trinajstić information content (AvgIpc) is 2.39. The Bertz CT molecular complexity index is 373. The summed E-state index contributed by atoms with van der Waals surface area (Å²) in [6, 6.07) is 7.79. The molecule has 4 heteroatoms. The highest BCUT2D eigenvalue weighted by Gasteiger charge is 2.32. The second-order valence-electron chi connectivity index (χ2n) is 4.05. The zero-order valence-electron chi connectivity index (χ0n) is 9.10. The van der Waals surface area contributed by atoms with Gasteiger partial charge in [-0.25, -0.2) is 0 Å². The maximum atomic E-state index is 10.7. The van der Waals surface area contributed by atoms with Crippen LogP contribution in [0.2, 0.25) is 0 Å². The van der Waals surface area contributed by atoms with Crippen LogP contribution in [0.3, 0.4) is 0 Å². The Labute approximate surface area is 93.8 Å². The Balaban J connectivity index is 2.15. The first kappa shape index (κ1) is 11.1. The van der Waals surface area contributed by atoms with Gasteiger partial charge in [-0.05, 0) is 18.1 Å². The fourth-order valence-corrected chi connectivity index (χ4v) is 1.72. The van der Waals surface area contributed by atoms with E-state index in [0.29, 0.717) is 13.2 Å². The van der Waals surface area contributed by atoms with Gasteiger partial charge in [0.2, 0.25) is 0 Å². The molecule has 1 N–H and O–H groups in total. The summed E-state index contributed by atoms with van der Waals surface area (Å²) >= 11 is 0. The number of carbonyl (C=O) groups is 1. The number of rotatable bonds is 2. The number of carboxylic acid groups (broad SMARTS) is 1. The highest BCUT2D eigenvalue weighted by Crippen LogP contribution is 2.27. The number of hydrogen-bond donors (Lipinski definition) is 1. The van der Waals surface area contributed by atoms with Crippen LogP contribution in [0.25, 0.3) is 0 Å². The van der Waals surface area contributed by atoms with Gasteiger partial charge in [-0.1, -0.05) is 24.3 Å². The molecule has 0 saturated heterocycles. The quantitative estimate of drug-likeness (QED) is 0.830. The fraction of sp³-hybridized carbons (Fsp3) is 0.417. The Morgan fingerprint density at radius 1 is 1.31 bits per heavy atom. The molecule has 0 unspecified atom stereocenters. The van der Waals surface area contributed by atoms with Crippen LogP contribution < -0.4 is 0 Å². The van der Waals surface area contributed by atoms with Crippen LogP contribution in [0, 0.1) is 0 Å². The van der Waals surface area contributed by atoms with Crippen molar-refractivity contribution in [3.8, 4) is 0 Å². The third-order valence-corrected chi connectivity index (χ3v) is 2.66. The molecular formula is C12H14O4. The van der Waals surface area contributed by atoms with Crippen molar-refractivity contribution in [1.82, 2.24) is 0 Å². The zero-order chi connectivity index (χ0) is 11.6. The monoisotopic (exact) mass is 222 g/mol. The van der Waals surface area contributed by atoms with E-state index >= 15 is 0 Å². The molecule has 0 saturated carbocycles. The zero-order valence-corrected chi connectivity index (χ0v) is 9.10. The fourth-order valence-electron chi connectivity index (χ4n) is 1.72. The van der Waals surface area contributed by atoms with Crippen LogP contribution in [0.1, 0.15) is 24.5 Å². The van der Waals surface area contributed by atoms with Crippen LogP contribution >= 0.6 is 0 Å². The van der Waals surface area contributed by atoms with Crippen LogP contribution in [-0.4, -0.2) is 16.9 Å². The van der Waals surface area contributed by atoms with E-state index in [9.17, 15) is 4.79 Å². The molecule has 0 bridgehead atoms. The van der Waals surface area contributed by atoms with Gasteiger partial charge >= 0.3 is 5.97 Å². The molecule has 86 valence electrons.